The minimum Gasteiger partial charge on any atom is -0.390 e. The van der Waals surface area contributed by atoms with Gasteiger partial charge in [0.05, 0.1) is 33.6 Å². The number of methoxy groups -OCH3 is 1. The van der Waals surface area contributed by atoms with Crippen LogP contribution in [0.25, 0.3) is 11.3 Å². The minimum atomic E-state index is -0.187. The average Bonchev–Trinajstić information content (AvgIpc) is 2.70. The van der Waals surface area contributed by atoms with Crippen molar-refractivity contribution in [3.8, 4) is 11.3 Å². The number of piperidine rings is 1. The summed E-state index contributed by atoms with van der Waals surface area (Å²) in [5.74, 6) is 0.734. The van der Waals surface area contributed by atoms with Gasteiger partial charge in [-0.3, -0.25) is 0 Å². The predicted molar refractivity (Wildman–Crippen MR) is 110 cm³/mol. The molecule has 1 saturated heterocycles. The first-order valence-corrected chi connectivity index (χ1v) is 9.93. The molecule has 0 radical (unpaired) electrons. The van der Waals surface area contributed by atoms with Gasteiger partial charge in [-0.2, -0.15) is 0 Å². The summed E-state index contributed by atoms with van der Waals surface area (Å²) in [6, 6.07) is 5.43. The van der Waals surface area contributed by atoms with Crippen LogP contribution in [0.4, 0.5) is 5.82 Å². The van der Waals surface area contributed by atoms with Gasteiger partial charge in [0.2, 0.25) is 0 Å². The number of halogens is 2. The number of benzene rings is 1. The highest BCUT2D eigenvalue weighted by molar-refractivity contribution is 6.43. The van der Waals surface area contributed by atoms with Gasteiger partial charge < -0.3 is 14.7 Å². The highest BCUT2D eigenvalue weighted by atomic mass is 35.5. The van der Waals surface area contributed by atoms with Crippen molar-refractivity contribution in [1.82, 2.24) is 9.97 Å². The summed E-state index contributed by atoms with van der Waals surface area (Å²) in [4.78, 5) is 11.6. The number of ether oxygens (including phenoxy) is 1. The summed E-state index contributed by atoms with van der Waals surface area (Å²) in [5.41, 5.74) is 2.61. The van der Waals surface area contributed by atoms with Gasteiger partial charge in [0, 0.05) is 25.8 Å². The van der Waals surface area contributed by atoms with Crippen molar-refractivity contribution in [2.75, 3.05) is 25.1 Å². The van der Waals surface area contributed by atoms with Crippen LogP contribution in [-0.4, -0.2) is 40.9 Å². The van der Waals surface area contributed by atoms with Crippen LogP contribution in [0, 0.1) is 6.92 Å². The number of hydrogen-bond acceptors (Lipinski definition) is 5. The second kappa shape index (κ2) is 8.31. The van der Waals surface area contributed by atoms with Gasteiger partial charge in [-0.25, -0.2) is 9.97 Å². The Morgan fingerprint density at radius 3 is 2.52 bits per heavy atom. The Morgan fingerprint density at radius 1 is 1.22 bits per heavy atom. The molecule has 1 aliphatic heterocycles. The fraction of sp³-hybridized carbons (Fsp3) is 0.500. The van der Waals surface area contributed by atoms with E-state index in [9.17, 15) is 5.11 Å². The van der Waals surface area contributed by atoms with Crippen molar-refractivity contribution >= 4 is 29.0 Å². The first kappa shape index (κ1) is 20.3. The third-order valence-corrected chi connectivity index (χ3v) is 6.35. The number of aliphatic hydroxyl groups excluding tert-OH is 1. The molecular weight excluding hydrogens is 385 g/mol. The molecule has 0 atom stereocenters. The van der Waals surface area contributed by atoms with Crippen LogP contribution in [-0.2, 0) is 11.3 Å². The van der Waals surface area contributed by atoms with E-state index < -0.39 is 0 Å². The van der Waals surface area contributed by atoms with Gasteiger partial charge in [0.25, 0.3) is 0 Å². The van der Waals surface area contributed by atoms with E-state index >= 15 is 0 Å². The maximum Gasteiger partial charge on any atom is 0.153 e. The maximum atomic E-state index is 9.92. The second-order valence-electron chi connectivity index (χ2n) is 6.92. The zero-order chi connectivity index (χ0) is 19.6. The number of nitrogens with zero attached hydrogens (tertiary/aromatic N) is 3. The molecule has 0 unspecified atom stereocenters. The number of rotatable bonds is 5. The average molecular weight is 410 g/mol. The minimum absolute atomic E-state index is 0.0629. The van der Waals surface area contributed by atoms with Crippen molar-refractivity contribution in [3.63, 3.8) is 0 Å². The molecule has 2 heterocycles. The Bertz CT molecular complexity index is 815. The van der Waals surface area contributed by atoms with Crippen LogP contribution in [0.1, 0.15) is 37.6 Å². The highest BCUT2D eigenvalue weighted by Gasteiger charge is 2.34. The lowest BCUT2D eigenvalue weighted by atomic mass is 9.88. The first-order valence-electron chi connectivity index (χ1n) is 9.17. The van der Waals surface area contributed by atoms with Gasteiger partial charge in [0.15, 0.2) is 5.82 Å². The lowest BCUT2D eigenvalue weighted by Gasteiger charge is -2.41. The van der Waals surface area contributed by atoms with Crippen LogP contribution in [0.2, 0.25) is 10.0 Å². The van der Waals surface area contributed by atoms with E-state index in [-0.39, 0.29) is 12.2 Å². The molecule has 0 aliphatic carbocycles. The van der Waals surface area contributed by atoms with Crippen molar-refractivity contribution in [2.45, 2.75) is 45.3 Å². The van der Waals surface area contributed by atoms with Crippen LogP contribution < -0.4 is 4.90 Å². The third-order valence-electron chi connectivity index (χ3n) is 5.53. The third kappa shape index (κ3) is 3.92. The summed E-state index contributed by atoms with van der Waals surface area (Å²) in [7, 11) is 1.78. The van der Waals surface area contributed by atoms with Gasteiger partial charge in [0.1, 0.15) is 5.69 Å². The van der Waals surface area contributed by atoms with Crippen molar-refractivity contribution in [2.24, 2.45) is 0 Å². The van der Waals surface area contributed by atoms with Crippen LogP contribution >= 0.6 is 23.2 Å². The Labute approximate surface area is 170 Å². The highest BCUT2D eigenvalue weighted by Crippen LogP contribution is 2.36. The number of hydrogen-bond donors (Lipinski definition) is 1. The first-order chi connectivity index (χ1) is 12.9. The fourth-order valence-corrected chi connectivity index (χ4v) is 4.06. The molecule has 0 amide bonds. The van der Waals surface area contributed by atoms with Crippen molar-refractivity contribution in [1.29, 1.82) is 0 Å². The standard InChI is InChI=1S/C20H25Cl2N3O2/c1-4-20(27-3)8-10-25(11-9-20)19-16(12-26)24-18(13(2)23-19)14-6-5-7-15(21)17(14)22/h5-7,26H,4,8-12H2,1-3H3. The molecule has 1 aromatic carbocycles. The molecule has 0 spiro atoms. The summed E-state index contributed by atoms with van der Waals surface area (Å²) >= 11 is 12.5. The molecule has 0 saturated carbocycles. The van der Waals surface area contributed by atoms with Crippen molar-refractivity contribution in [3.05, 3.63) is 39.6 Å². The van der Waals surface area contributed by atoms with E-state index in [4.69, 9.17) is 32.9 Å². The molecule has 1 aromatic heterocycles. The van der Waals surface area contributed by atoms with E-state index in [0.29, 0.717) is 21.4 Å². The summed E-state index contributed by atoms with van der Waals surface area (Å²) in [6.45, 7) is 5.51. The molecule has 0 bridgehead atoms. The molecule has 1 N–H and O–H groups in total. The van der Waals surface area contributed by atoms with Gasteiger partial charge >= 0.3 is 0 Å². The largest absolute Gasteiger partial charge is 0.390 e. The molecule has 2 aromatic rings. The lowest BCUT2D eigenvalue weighted by molar-refractivity contribution is -0.0323. The molecule has 1 fully saturated rings. The van der Waals surface area contributed by atoms with Gasteiger partial charge in [-0.15, -0.1) is 0 Å². The molecule has 1 aliphatic rings. The fourth-order valence-electron chi connectivity index (χ4n) is 3.67. The van der Waals surface area contributed by atoms with Gasteiger partial charge in [-0.1, -0.05) is 42.3 Å². The Balaban J connectivity index is 1.95. The van der Waals surface area contributed by atoms with E-state index in [1.807, 2.05) is 19.1 Å². The quantitative estimate of drug-likeness (QED) is 0.778. The smallest absolute Gasteiger partial charge is 0.153 e. The zero-order valence-electron chi connectivity index (χ0n) is 15.9. The molecule has 146 valence electrons. The summed E-state index contributed by atoms with van der Waals surface area (Å²) < 4.78 is 5.75. The van der Waals surface area contributed by atoms with E-state index in [1.54, 1.807) is 13.2 Å². The zero-order valence-corrected chi connectivity index (χ0v) is 17.4. The van der Waals surface area contributed by atoms with E-state index in [2.05, 4.69) is 16.8 Å². The molecule has 5 nitrogen and oxygen atoms in total. The Hall–Kier alpha value is -1.40. The van der Waals surface area contributed by atoms with E-state index in [1.165, 1.54) is 0 Å². The molecular formula is C20H25Cl2N3O2. The maximum absolute atomic E-state index is 9.92. The lowest BCUT2D eigenvalue weighted by Crippen LogP contribution is -2.46. The van der Waals surface area contributed by atoms with Crippen molar-refractivity contribution < 1.29 is 9.84 Å². The number of aryl methyl sites for hydroxylation is 1. The Kier molecular flexibility index (Phi) is 6.26. The van der Waals surface area contributed by atoms with Gasteiger partial charge in [-0.05, 0) is 32.3 Å². The molecule has 27 heavy (non-hydrogen) atoms. The second-order valence-corrected chi connectivity index (χ2v) is 7.70. The molecule has 7 heteroatoms. The topological polar surface area (TPSA) is 58.5 Å². The van der Waals surface area contributed by atoms with Crippen LogP contribution in [0.15, 0.2) is 18.2 Å². The number of anilines is 1. The number of aliphatic hydroxyl groups is 1. The van der Waals surface area contributed by atoms with Crippen LogP contribution in [0.3, 0.4) is 0 Å². The summed E-state index contributed by atoms with van der Waals surface area (Å²) in [6.07, 6.45) is 2.84. The normalized spacial score (nSPS) is 16.6. The monoisotopic (exact) mass is 409 g/mol. The molecule has 3 rings (SSSR count). The van der Waals surface area contributed by atoms with Crippen LogP contribution in [0.5, 0.6) is 0 Å². The Morgan fingerprint density at radius 2 is 1.93 bits per heavy atom. The predicted octanol–water partition coefficient (Wildman–Crippen LogP) is 4.65. The van der Waals surface area contributed by atoms with E-state index in [0.717, 1.165) is 49.4 Å². The number of aromatic nitrogens is 2. The SMILES string of the molecule is CCC1(OC)CCN(c2nc(C)c(-c3cccc(Cl)c3Cl)nc2CO)CC1. The summed E-state index contributed by atoms with van der Waals surface area (Å²) in [5, 5.41) is 10.8.